The van der Waals surface area contributed by atoms with Crippen molar-refractivity contribution in [3.63, 3.8) is 0 Å². The Kier molecular flexibility index (Phi) is 7.29. The summed E-state index contributed by atoms with van der Waals surface area (Å²) in [7, 11) is 0. The van der Waals surface area contributed by atoms with E-state index in [9.17, 15) is 10.1 Å². The molecule has 0 aliphatic carbocycles. The van der Waals surface area contributed by atoms with Crippen molar-refractivity contribution in [2.24, 2.45) is 5.73 Å². The topological polar surface area (TPSA) is 69.2 Å². The van der Waals surface area contributed by atoms with Crippen LogP contribution in [-0.4, -0.2) is 4.92 Å². The summed E-state index contributed by atoms with van der Waals surface area (Å²) in [6.45, 7) is 2.14. The van der Waals surface area contributed by atoms with E-state index in [-0.39, 0.29) is 28.4 Å². The average Bonchev–Trinajstić information content (AvgIpc) is 2.66. The molecule has 0 aliphatic heterocycles. The molecule has 6 heteroatoms. The summed E-state index contributed by atoms with van der Waals surface area (Å²) in [5.41, 5.74) is 6.82. The third-order valence-electron chi connectivity index (χ3n) is 2.33. The van der Waals surface area contributed by atoms with Crippen molar-refractivity contribution in [3.05, 3.63) is 27.1 Å². The van der Waals surface area contributed by atoms with Crippen LogP contribution >= 0.6 is 23.7 Å². The van der Waals surface area contributed by atoms with Gasteiger partial charge in [0.15, 0.2) is 0 Å². The van der Waals surface area contributed by atoms with Gasteiger partial charge in [-0.25, -0.2) is 0 Å². The highest BCUT2D eigenvalue weighted by molar-refractivity contribution is 7.13. The Balaban J connectivity index is 0.00000225. The highest BCUT2D eigenvalue weighted by Gasteiger charge is 2.13. The minimum absolute atomic E-state index is 0. The Morgan fingerprint density at radius 2 is 2.25 bits per heavy atom. The molecule has 1 rings (SSSR count). The first-order valence-electron chi connectivity index (χ1n) is 5.13. The number of nitro groups is 1. The van der Waals surface area contributed by atoms with Crippen LogP contribution in [0.25, 0.3) is 0 Å². The molecule has 0 saturated heterocycles. The second kappa shape index (κ2) is 7.60. The molecule has 0 saturated carbocycles. The Morgan fingerprint density at radius 3 is 2.75 bits per heavy atom. The number of unbranched alkanes of at least 4 members (excludes halogenated alkanes) is 2. The van der Waals surface area contributed by atoms with E-state index in [0.29, 0.717) is 0 Å². The molecule has 1 aromatic rings. The van der Waals surface area contributed by atoms with Crippen molar-refractivity contribution >= 4 is 28.7 Å². The molecule has 0 spiro atoms. The number of hydrogen-bond donors (Lipinski definition) is 1. The van der Waals surface area contributed by atoms with Gasteiger partial charge < -0.3 is 5.73 Å². The maximum atomic E-state index is 10.5. The summed E-state index contributed by atoms with van der Waals surface area (Å²) in [4.78, 5) is 10.1. The molecular weight excluding hydrogens is 248 g/mol. The summed E-state index contributed by atoms with van der Waals surface area (Å²) in [6.07, 6.45) is 4.32. The van der Waals surface area contributed by atoms with Gasteiger partial charge in [0.05, 0.1) is 4.92 Å². The first kappa shape index (κ1) is 15.3. The van der Waals surface area contributed by atoms with Crippen molar-refractivity contribution in [2.75, 3.05) is 0 Å². The van der Waals surface area contributed by atoms with Gasteiger partial charge in [-0.05, 0) is 12.0 Å². The number of hydrogen-bond acceptors (Lipinski definition) is 4. The van der Waals surface area contributed by atoms with E-state index in [0.717, 1.165) is 36.2 Å². The largest absolute Gasteiger partial charge is 0.324 e. The summed E-state index contributed by atoms with van der Waals surface area (Å²) < 4.78 is 0. The van der Waals surface area contributed by atoms with Crippen LogP contribution < -0.4 is 5.73 Å². The zero-order valence-electron chi connectivity index (χ0n) is 9.22. The molecule has 2 N–H and O–H groups in total. The predicted molar refractivity (Wildman–Crippen MR) is 69.3 cm³/mol. The summed E-state index contributed by atoms with van der Waals surface area (Å²) in [6, 6.07) is 1.53. The van der Waals surface area contributed by atoms with Crippen LogP contribution in [0, 0.1) is 10.1 Å². The highest BCUT2D eigenvalue weighted by Crippen LogP contribution is 2.28. The number of halogens is 1. The molecule has 0 unspecified atom stereocenters. The lowest BCUT2D eigenvalue weighted by Crippen LogP contribution is -2.08. The first-order chi connectivity index (χ1) is 7.15. The lowest BCUT2D eigenvalue weighted by atomic mass is 10.0. The maximum Gasteiger partial charge on any atom is 0.324 e. The van der Waals surface area contributed by atoms with Crippen molar-refractivity contribution in [3.8, 4) is 0 Å². The van der Waals surface area contributed by atoms with Gasteiger partial charge in [-0.2, -0.15) is 0 Å². The predicted octanol–water partition coefficient (Wildman–Crippen LogP) is 3.66. The molecule has 0 amide bonds. The smallest absolute Gasteiger partial charge is 0.324 e. The third kappa shape index (κ3) is 4.47. The van der Waals surface area contributed by atoms with Crippen LogP contribution in [0.5, 0.6) is 0 Å². The SMILES string of the molecule is CCCCC[C@H](N)c1csc([N+](=O)[O-])c1.Cl. The summed E-state index contributed by atoms with van der Waals surface area (Å²) >= 11 is 1.15. The molecule has 0 fully saturated rings. The molecule has 0 radical (unpaired) electrons. The molecule has 1 atom stereocenters. The molecule has 16 heavy (non-hydrogen) atoms. The van der Waals surface area contributed by atoms with Crippen LogP contribution in [0.4, 0.5) is 5.00 Å². The number of thiophene rings is 1. The Labute approximate surface area is 105 Å². The van der Waals surface area contributed by atoms with Gasteiger partial charge in [0.1, 0.15) is 0 Å². The van der Waals surface area contributed by atoms with Gasteiger partial charge in [0.2, 0.25) is 0 Å². The van der Waals surface area contributed by atoms with Gasteiger partial charge in [-0.3, -0.25) is 10.1 Å². The first-order valence-corrected chi connectivity index (χ1v) is 6.01. The minimum atomic E-state index is -0.368. The summed E-state index contributed by atoms with van der Waals surface area (Å²) in [5.74, 6) is 0. The van der Waals surface area contributed by atoms with E-state index in [1.165, 1.54) is 6.42 Å². The van der Waals surface area contributed by atoms with Gasteiger partial charge in [0, 0.05) is 17.5 Å². The van der Waals surface area contributed by atoms with Crippen LogP contribution in [0.1, 0.15) is 44.2 Å². The molecule has 4 nitrogen and oxygen atoms in total. The van der Waals surface area contributed by atoms with E-state index < -0.39 is 0 Å². The van der Waals surface area contributed by atoms with E-state index in [4.69, 9.17) is 5.73 Å². The molecule has 0 aliphatic rings. The molecule has 1 heterocycles. The van der Waals surface area contributed by atoms with Crippen LogP contribution in [0.15, 0.2) is 11.4 Å². The van der Waals surface area contributed by atoms with E-state index in [1.54, 1.807) is 11.4 Å². The highest BCUT2D eigenvalue weighted by atomic mass is 35.5. The standard InChI is InChI=1S/C10H16N2O2S.ClH/c1-2-3-4-5-9(11)8-6-10(12(13)14)15-7-8;/h6-7,9H,2-5,11H2,1H3;1H/t9-;/m0./s1. The van der Waals surface area contributed by atoms with Crippen molar-refractivity contribution in [1.29, 1.82) is 0 Å². The number of nitrogens with zero attached hydrogens (tertiary/aromatic N) is 1. The van der Waals surface area contributed by atoms with Crippen LogP contribution in [0.2, 0.25) is 0 Å². The van der Waals surface area contributed by atoms with Gasteiger partial charge in [-0.1, -0.05) is 37.5 Å². The zero-order valence-corrected chi connectivity index (χ0v) is 10.9. The normalized spacial score (nSPS) is 11.9. The number of rotatable bonds is 6. The molecule has 1 aromatic heterocycles. The Hall–Kier alpha value is -0.650. The van der Waals surface area contributed by atoms with Gasteiger partial charge in [0.25, 0.3) is 0 Å². The molecule has 0 bridgehead atoms. The summed E-state index contributed by atoms with van der Waals surface area (Å²) in [5, 5.41) is 12.4. The van der Waals surface area contributed by atoms with E-state index >= 15 is 0 Å². The van der Waals surface area contributed by atoms with E-state index in [2.05, 4.69) is 6.92 Å². The fourth-order valence-corrected chi connectivity index (χ4v) is 2.20. The monoisotopic (exact) mass is 264 g/mol. The molecule has 92 valence electrons. The molecule has 0 aromatic carbocycles. The second-order valence-electron chi connectivity index (χ2n) is 3.58. The molecular formula is C10H17ClN2O2S. The Morgan fingerprint density at radius 1 is 1.56 bits per heavy atom. The third-order valence-corrected chi connectivity index (χ3v) is 3.23. The van der Waals surface area contributed by atoms with Crippen molar-refractivity contribution in [2.45, 2.75) is 38.6 Å². The zero-order chi connectivity index (χ0) is 11.3. The van der Waals surface area contributed by atoms with Crippen molar-refractivity contribution < 1.29 is 4.92 Å². The fraction of sp³-hybridized carbons (Fsp3) is 0.600. The number of nitrogens with two attached hydrogens (primary N) is 1. The minimum Gasteiger partial charge on any atom is -0.324 e. The van der Waals surface area contributed by atoms with Gasteiger partial charge >= 0.3 is 5.00 Å². The average molecular weight is 265 g/mol. The Bertz CT molecular complexity index is 330. The maximum absolute atomic E-state index is 10.5. The van der Waals surface area contributed by atoms with Crippen molar-refractivity contribution in [1.82, 2.24) is 0 Å². The second-order valence-corrected chi connectivity index (χ2v) is 4.47. The van der Waals surface area contributed by atoms with Gasteiger partial charge in [-0.15, -0.1) is 12.4 Å². The lowest BCUT2D eigenvalue weighted by molar-refractivity contribution is -0.380. The van der Waals surface area contributed by atoms with E-state index in [1.807, 2.05) is 0 Å². The quantitative estimate of drug-likeness (QED) is 0.484. The lowest BCUT2D eigenvalue weighted by Gasteiger charge is -2.08. The van der Waals surface area contributed by atoms with Crippen LogP contribution in [0.3, 0.4) is 0 Å². The fourth-order valence-electron chi connectivity index (χ4n) is 1.41. The van der Waals surface area contributed by atoms with Crippen LogP contribution in [-0.2, 0) is 0 Å².